The fraction of sp³-hybridized carbons (Fsp3) is 1.00. The summed E-state index contributed by atoms with van der Waals surface area (Å²) in [6, 6.07) is 0. The summed E-state index contributed by atoms with van der Waals surface area (Å²) in [4.78, 5) is 11.9. The van der Waals surface area contributed by atoms with E-state index < -0.39 is 20.5 Å². The zero-order valence-corrected chi connectivity index (χ0v) is 22.3. The number of phosphoric ester groups is 1. The van der Waals surface area contributed by atoms with E-state index in [0.29, 0.717) is 17.6 Å². The van der Waals surface area contributed by atoms with Gasteiger partial charge in [0.25, 0.3) is 7.82 Å². The molecule has 0 aliphatic heterocycles. The average Bonchev–Trinajstić information content (AvgIpc) is 2.71. The molecule has 0 spiro atoms. The Morgan fingerprint density at radius 3 is 1.72 bits per heavy atom. The van der Waals surface area contributed by atoms with Crippen LogP contribution in [0.3, 0.4) is 0 Å². The second-order valence-corrected chi connectivity index (χ2v) is 11.2. The van der Waals surface area contributed by atoms with E-state index in [1.807, 2.05) is 21.1 Å². The molecule has 1 N–H and O–H groups in total. The Morgan fingerprint density at radius 1 is 0.812 bits per heavy atom. The van der Waals surface area contributed by atoms with E-state index in [-0.39, 0.29) is 13.2 Å². The number of aliphatic hydroxyl groups is 1. The third-order valence-electron chi connectivity index (χ3n) is 5.44. The first kappa shape index (κ1) is 32.0. The van der Waals surface area contributed by atoms with Crippen LogP contribution in [0.25, 0.3) is 0 Å². The Balaban J connectivity index is 3.55. The molecule has 194 valence electrons. The first-order chi connectivity index (χ1) is 15.2. The minimum absolute atomic E-state index is 0.0415. The van der Waals surface area contributed by atoms with E-state index in [9.17, 15) is 14.6 Å². The van der Waals surface area contributed by atoms with E-state index in [1.165, 1.54) is 77.0 Å². The molecule has 0 bridgehead atoms. The maximum Gasteiger partial charge on any atom is 0.268 e. The van der Waals surface area contributed by atoms with Gasteiger partial charge < -0.3 is 28.3 Å². The third-order valence-corrected chi connectivity index (χ3v) is 6.49. The number of unbranched alkanes of at least 4 members (excludes halogenated alkanes) is 13. The average molecular weight is 482 g/mol. The largest absolute Gasteiger partial charge is 0.756 e. The summed E-state index contributed by atoms with van der Waals surface area (Å²) in [5.41, 5.74) is 0. The zero-order chi connectivity index (χ0) is 24.1. The van der Waals surface area contributed by atoms with Crippen LogP contribution in [0.2, 0.25) is 0 Å². The van der Waals surface area contributed by atoms with Crippen molar-refractivity contribution in [3.63, 3.8) is 0 Å². The molecule has 0 amide bonds. The Bertz CT molecular complexity index is 458. The third kappa shape index (κ3) is 23.2. The molecule has 0 saturated heterocycles. The van der Waals surface area contributed by atoms with Crippen LogP contribution in [0, 0.1) is 0 Å². The van der Waals surface area contributed by atoms with Crippen molar-refractivity contribution in [2.75, 3.05) is 54.1 Å². The van der Waals surface area contributed by atoms with Gasteiger partial charge in [-0.25, -0.2) is 0 Å². The number of quaternary nitrogens is 1. The van der Waals surface area contributed by atoms with Crippen LogP contribution in [-0.2, 0) is 18.3 Å². The number of ether oxygens (including phenoxy) is 1. The molecule has 0 aromatic rings. The lowest BCUT2D eigenvalue weighted by Crippen LogP contribution is -2.37. The van der Waals surface area contributed by atoms with Gasteiger partial charge >= 0.3 is 0 Å². The topological polar surface area (TPSA) is 88.0 Å². The molecule has 7 nitrogen and oxygen atoms in total. The molecular formula is C24H52NO6P. The van der Waals surface area contributed by atoms with Gasteiger partial charge in [0.15, 0.2) is 0 Å². The highest BCUT2D eigenvalue weighted by atomic mass is 31.2. The lowest BCUT2D eigenvalue weighted by atomic mass is 10.0. The first-order valence-corrected chi connectivity index (χ1v) is 14.3. The molecule has 0 aromatic carbocycles. The van der Waals surface area contributed by atoms with Crippen LogP contribution in [0.4, 0.5) is 0 Å². The second-order valence-electron chi connectivity index (χ2n) is 9.88. The number of phosphoric acid groups is 1. The van der Waals surface area contributed by atoms with Gasteiger partial charge in [-0.2, -0.15) is 0 Å². The van der Waals surface area contributed by atoms with Crippen LogP contribution in [0.15, 0.2) is 0 Å². The summed E-state index contributed by atoms with van der Waals surface area (Å²) >= 11 is 0. The van der Waals surface area contributed by atoms with Gasteiger partial charge in [0.2, 0.25) is 0 Å². The Hall–Kier alpha value is -0.0100. The summed E-state index contributed by atoms with van der Waals surface area (Å²) < 4.78 is 27.7. The SMILES string of the molecule is CCCCCCCCCCCCCCCCOC[C@H](CO)OP(=O)([O-])OCC[N+](C)(C)C. The van der Waals surface area contributed by atoms with Crippen LogP contribution in [-0.4, -0.2) is 69.8 Å². The number of rotatable bonds is 24. The van der Waals surface area contributed by atoms with Crippen molar-refractivity contribution in [2.45, 2.75) is 103 Å². The number of hydrogen-bond acceptors (Lipinski definition) is 6. The summed E-state index contributed by atoms with van der Waals surface area (Å²) in [5, 5.41) is 9.35. The van der Waals surface area contributed by atoms with E-state index in [1.54, 1.807) is 0 Å². The summed E-state index contributed by atoms with van der Waals surface area (Å²) in [6.07, 6.45) is 17.3. The molecule has 0 radical (unpaired) electrons. The van der Waals surface area contributed by atoms with Crippen LogP contribution < -0.4 is 4.89 Å². The van der Waals surface area contributed by atoms with Gasteiger partial charge in [-0.15, -0.1) is 0 Å². The maximum absolute atomic E-state index is 11.9. The number of likely N-dealkylation sites (N-methyl/N-ethyl adjacent to an activating group) is 1. The van der Waals surface area contributed by atoms with E-state index in [2.05, 4.69) is 6.92 Å². The van der Waals surface area contributed by atoms with E-state index in [0.717, 1.165) is 12.8 Å². The van der Waals surface area contributed by atoms with Gasteiger partial charge in [-0.05, 0) is 6.42 Å². The van der Waals surface area contributed by atoms with Gasteiger partial charge in [-0.3, -0.25) is 4.57 Å². The lowest BCUT2D eigenvalue weighted by molar-refractivity contribution is -0.870. The maximum atomic E-state index is 11.9. The quantitative estimate of drug-likeness (QED) is 0.118. The van der Waals surface area contributed by atoms with Crippen molar-refractivity contribution in [2.24, 2.45) is 0 Å². The highest BCUT2D eigenvalue weighted by molar-refractivity contribution is 7.45. The molecule has 0 aliphatic carbocycles. The number of nitrogens with zero attached hydrogens (tertiary/aromatic N) is 1. The van der Waals surface area contributed by atoms with Crippen LogP contribution in [0.1, 0.15) is 96.8 Å². The van der Waals surface area contributed by atoms with Crippen molar-refractivity contribution < 1.29 is 32.8 Å². The lowest BCUT2D eigenvalue weighted by Gasteiger charge is -2.29. The predicted molar refractivity (Wildman–Crippen MR) is 130 cm³/mol. The molecule has 0 aliphatic rings. The molecule has 32 heavy (non-hydrogen) atoms. The Labute approximate surface area is 198 Å². The molecule has 0 fully saturated rings. The number of hydrogen-bond donors (Lipinski definition) is 1. The highest BCUT2D eigenvalue weighted by Gasteiger charge is 2.19. The van der Waals surface area contributed by atoms with Crippen molar-refractivity contribution in [1.29, 1.82) is 0 Å². The van der Waals surface area contributed by atoms with Crippen molar-refractivity contribution in [3.05, 3.63) is 0 Å². The van der Waals surface area contributed by atoms with Crippen LogP contribution >= 0.6 is 7.82 Å². The summed E-state index contributed by atoms with van der Waals surface area (Å²) in [6.45, 7) is 3.00. The fourth-order valence-electron chi connectivity index (χ4n) is 3.37. The van der Waals surface area contributed by atoms with Gasteiger partial charge in [0.05, 0.1) is 34.4 Å². The summed E-state index contributed by atoms with van der Waals surface area (Å²) in [7, 11) is 1.40. The highest BCUT2D eigenvalue weighted by Crippen LogP contribution is 2.39. The van der Waals surface area contributed by atoms with Gasteiger partial charge in [0, 0.05) is 6.61 Å². The molecule has 1 unspecified atom stereocenters. The Morgan fingerprint density at radius 2 is 1.28 bits per heavy atom. The van der Waals surface area contributed by atoms with Crippen molar-refractivity contribution >= 4 is 7.82 Å². The van der Waals surface area contributed by atoms with Crippen LogP contribution in [0.5, 0.6) is 0 Å². The van der Waals surface area contributed by atoms with E-state index in [4.69, 9.17) is 13.8 Å². The second kappa shape index (κ2) is 20.4. The molecule has 2 atom stereocenters. The summed E-state index contributed by atoms with van der Waals surface area (Å²) in [5.74, 6) is 0. The smallest absolute Gasteiger partial charge is 0.268 e. The predicted octanol–water partition coefficient (Wildman–Crippen LogP) is 5.05. The molecule has 0 rings (SSSR count). The number of aliphatic hydroxyl groups excluding tert-OH is 1. The fourth-order valence-corrected chi connectivity index (χ4v) is 4.23. The normalized spacial score (nSPS) is 15.1. The van der Waals surface area contributed by atoms with Crippen molar-refractivity contribution in [3.8, 4) is 0 Å². The molecular weight excluding hydrogens is 429 g/mol. The molecule has 0 aromatic heterocycles. The van der Waals surface area contributed by atoms with Crippen molar-refractivity contribution in [1.82, 2.24) is 0 Å². The Kier molecular flexibility index (Phi) is 20.4. The molecule has 0 heterocycles. The van der Waals surface area contributed by atoms with Gasteiger partial charge in [0.1, 0.15) is 19.3 Å². The first-order valence-electron chi connectivity index (χ1n) is 12.8. The van der Waals surface area contributed by atoms with Gasteiger partial charge in [-0.1, -0.05) is 90.4 Å². The minimum atomic E-state index is -4.44. The minimum Gasteiger partial charge on any atom is -0.756 e. The molecule has 0 saturated carbocycles. The van der Waals surface area contributed by atoms with E-state index >= 15 is 0 Å². The molecule has 8 heteroatoms. The monoisotopic (exact) mass is 481 g/mol. The standard InChI is InChI=1S/C24H52NO6P/c1-5-6-7-8-9-10-11-12-13-14-15-16-17-18-20-29-23-24(22-26)31-32(27,28)30-21-19-25(2,3)4/h24,26H,5-23H2,1-4H3/t24-/m0/s1. The zero-order valence-electron chi connectivity index (χ0n) is 21.4.